The number of hydrogen-bond donors (Lipinski definition) is 2. The smallest absolute Gasteiger partial charge is 0.226 e. The highest BCUT2D eigenvalue weighted by Crippen LogP contribution is 2.31. The zero-order valence-electron chi connectivity index (χ0n) is 13.0. The molecular formula is C15H23FN4O. The topological polar surface area (TPSA) is 70.9 Å². The third kappa shape index (κ3) is 3.75. The van der Waals surface area contributed by atoms with E-state index in [0.29, 0.717) is 41.9 Å². The molecule has 1 heterocycles. The van der Waals surface area contributed by atoms with E-state index in [4.69, 9.17) is 0 Å². The van der Waals surface area contributed by atoms with E-state index in [2.05, 4.69) is 34.1 Å². The molecule has 2 N–H and O–H groups in total. The van der Waals surface area contributed by atoms with Crippen molar-refractivity contribution in [2.24, 2.45) is 5.92 Å². The lowest BCUT2D eigenvalue weighted by atomic mass is 9.96. The molecule has 1 unspecified atom stereocenters. The fourth-order valence-corrected chi connectivity index (χ4v) is 2.19. The average molecular weight is 294 g/mol. The van der Waals surface area contributed by atoms with Crippen LogP contribution in [0.5, 0.6) is 0 Å². The van der Waals surface area contributed by atoms with E-state index in [1.165, 1.54) is 0 Å². The van der Waals surface area contributed by atoms with Gasteiger partial charge in [0.05, 0.1) is 0 Å². The highest BCUT2D eigenvalue weighted by Gasteiger charge is 2.24. The minimum absolute atomic E-state index is 0.204. The van der Waals surface area contributed by atoms with Crippen molar-refractivity contribution in [2.45, 2.75) is 59.1 Å². The van der Waals surface area contributed by atoms with Crippen LogP contribution >= 0.6 is 0 Å². The number of allylic oxidation sites excluding steroid dienone is 1. The maximum atomic E-state index is 14.1. The molecule has 2 rings (SSSR count). The van der Waals surface area contributed by atoms with Crippen molar-refractivity contribution in [1.29, 1.82) is 0 Å². The number of aryl methyl sites for hydroxylation is 1. The van der Waals surface area contributed by atoms with Crippen molar-refractivity contribution in [3.05, 3.63) is 17.5 Å². The molecule has 0 bridgehead atoms. The molecule has 0 amide bonds. The van der Waals surface area contributed by atoms with Crippen molar-refractivity contribution in [3.8, 4) is 0 Å². The van der Waals surface area contributed by atoms with Gasteiger partial charge in [0, 0.05) is 11.6 Å². The molecule has 0 aliphatic heterocycles. The van der Waals surface area contributed by atoms with Crippen LogP contribution in [0.1, 0.15) is 51.7 Å². The van der Waals surface area contributed by atoms with E-state index in [9.17, 15) is 9.50 Å². The molecule has 0 aromatic carbocycles. The lowest BCUT2D eigenvalue weighted by Crippen LogP contribution is -2.24. The molecule has 0 spiro atoms. The van der Waals surface area contributed by atoms with Gasteiger partial charge in [0.1, 0.15) is 17.8 Å². The average Bonchev–Trinajstić information content (AvgIpc) is 2.41. The van der Waals surface area contributed by atoms with Gasteiger partial charge < -0.3 is 10.4 Å². The third-order valence-electron chi connectivity index (χ3n) is 3.86. The molecule has 0 radical (unpaired) electrons. The highest BCUT2D eigenvalue weighted by atomic mass is 19.1. The molecule has 5 nitrogen and oxygen atoms in total. The molecule has 0 saturated carbocycles. The van der Waals surface area contributed by atoms with Crippen LogP contribution in [0.25, 0.3) is 5.57 Å². The summed E-state index contributed by atoms with van der Waals surface area (Å²) in [6.45, 7) is 8.01. The number of hydrogen-bond acceptors (Lipinski definition) is 5. The monoisotopic (exact) mass is 294 g/mol. The Bertz CT molecular complexity index is 544. The third-order valence-corrected chi connectivity index (χ3v) is 3.86. The summed E-state index contributed by atoms with van der Waals surface area (Å²) in [7, 11) is 0. The van der Waals surface area contributed by atoms with E-state index in [1.807, 2.05) is 6.92 Å². The number of rotatable bonds is 4. The first-order chi connectivity index (χ1) is 9.88. The van der Waals surface area contributed by atoms with Gasteiger partial charge in [-0.05, 0) is 39.0 Å². The molecule has 21 heavy (non-hydrogen) atoms. The first-order valence-electron chi connectivity index (χ1n) is 7.44. The molecule has 0 saturated heterocycles. The standard InChI is InChI=1S/C15H23FN4O/c1-8(2)9(3)17-15-19-10(4)18-14(20-15)11-6-5-7-12(21)13(11)16/h8-9,12,21H,5-7H2,1-4H3,(H,17,18,19,20)/t9-,12?/m0/s1. The molecule has 1 aromatic rings. The summed E-state index contributed by atoms with van der Waals surface area (Å²) in [6, 6.07) is 0.204. The Labute approximate surface area is 124 Å². The van der Waals surface area contributed by atoms with E-state index in [-0.39, 0.29) is 6.04 Å². The zero-order valence-corrected chi connectivity index (χ0v) is 13.0. The molecule has 6 heteroatoms. The van der Waals surface area contributed by atoms with Gasteiger partial charge in [-0.3, -0.25) is 0 Å². The Balaban J connectivity index is 2.33. The fourth-order valence-electron chi connectivity index (χ4n) is 2.19. The minimum Gasteiger partial charge on any atom is -0.386 e. The second-order valence-electron chi connectivity index (χ2n) is 5.94. The van der Waals surface area contributed by atoms with Crippen LogP contribution in [-0.4, -0.2) is 32.2 Å². The van der Waals surface area contributed by atoms with Crippen molar-refractivity contribution >= 4 is 11.5 Å². The molecule has 116 valence electrons. The van der Waals surface area contributed by atoms with Crippen molar-refractivity contribution in [2.75, 3.05) is 5.32 Å². The van der Waals surface area contributed by atoms with Gasteiger partial charge in [-0.2, -0.15) is 9.97 Å². The van der Waals surface area contributed by atoms with Gasteiger partial charge >= 0.3 is 0 Å². The van der Waals surface area contributed by atoms with Gasteiger partial charge in [-0.1, -0.05) is 13.8 Å². The highest BCUT2D eigenvalue weighted by molar-refractivity contribution is 5.64. The van der Waals surface area contributed by atoms with Crippen LogP contribution in [0.4, 0.5) is 10.3 Å². The normalized spacial score (nSPS) is 20.8. The van der Waals surface area contributed by atoms with Crippen LogP contribution in [0.2, 0.25) is 0 Å². The molecular weight excluding hydrogens is 271 g/mol. The molecule has 1 aliphatic carbocycles. The van der Waals surface area contributed by atoms with Crippen molar-refractivity contribution in [3.63, 3.8) is 0 Å². The van der Waals surface area contributed by atoms with E-state index in [0.717, 1.165) is 6.42 Å². The Kier molecular flexibility index (Phi) is 4.88. The summed E-state index contributed by atoms with van der Waals surface area (Å²) in [5.74, 6) is 1.25. The second kappa shape index (κ2) is 6.47. The van der Waals surface area contributed by atoms with Crippen LogP contribution in [0.3, 0.4) is 0 Å². The minimum atomic E-state index is -1.03. The fraction of sp³-hybridized carbons (Fsp3) is 0.667. The van der Waals surface area contributed by atoms with Crippen LogP contribution in [-0.2, 0) is 0 Å². The molecule has 2 atom stereocenters. The van der Waals surface area contributed by atoms with Gasteiger partial charge in [0.2, 0.25) is 5.95 Å². The largest absolute Gasteiger partial charge is 0.386 e. The molecule has 0 fully saturated rings. The quantitative estimate of drug-likeness (QED) is 0.893. The number of anilines is 1. The number of aliphatic hydroxyl groups is 1. The summed E-state index contributed by atoms with van der Waals surface area (Å²) >= 11 is 0. The van der Waals surface area contributed by atoms with Crippen LogP contribution < -0.4 is 5.32 Å². The van der Waals surface area contributed by atoms with Crippen LogP contribution in [0, 0.1) is 12.8 Å². The maximum Gasteiger partial charge on any atom is 0.226 e. The SMILES string of the molecule is Cc1nc(N[C@@H](C)C(C)C)nc(C2=C(F)C(O)CCC2)n1. The Hall–Kier alpha value is -1.56. The number of nitrogens with zero attached hydrogens (tertiary/aromatic N) is 3. The van der Waals surface area contributed by atoms with Crippen LogP contribution in [0.15, 0.2) is 5.83 Å². The lowest BCUT2D eigenvalue weighted by Gasteiger charge is -2.20. The van der Waals surface area contributed by atoms with Crippen molar-refractivity contribution in [1.82, 2.24) is 15.0 Å². The Morgan fingerprint density at radius 1 is 1.24 bits per heavy atom. The second-order valence-corrected chi connectivity index (χ2v) is 5.94. The predicted molar refractivity (Wildman–Crippen MR) is 80.4 cm³/mol. The summed E-state index contributed by atoms with van der Waals surface area (Å²) in [5.41, 5.74) is 0.402. The lowest BCUT2D eigenvalue weighted by molar-refractivity contribution is 0.165. The Morgan fingerprint density at radius 3 is 2.62 bits per heavy atom. The van der Waals surface area contributed by atoms with E-state index < -0.39 is 11.9 Å². The van der Waals surface area contributed by atoms with Crippen molar-refractivity contribution < 1.29 is 9.50 Å². The van der Waals surface area contributed by atoms with Gasteiger partial charge in [-0.25, -0.2) is 9.37 Å². The maximum absolute atomic E-state index is 14.1. The van der Waals surface area contributed by atoms with Gasteiger partial charge in [0.15, 0.2) is 5.82 Å². The summed E-state index contributed by atoms with van der Waals surface area (Å²) < 4.78 is 14.1. The Morgan fingerprint density at radius 2 is 1.95 bits per heavy atom. The number of aliphatic hydroxyl groups excluding tert-OH is 1. The first kappa shape index (κ1) is 15.8. The molecule has 1 aliphatic rings. The summed E-state index contributed by atoms with van der Waals surface area (Å²) in [5, 5.41) is 12.9. The summed E-state index contributed by atoms with van der Waals surface area (Å²) in [6.07, 6.45) is 0.706. The van der Waals surface area contributed by atoms with E-state index in [1.54, 1.807) is 6.92 Å². The summed E-state index contributed by atoms with van der Waals surface area (Å²) in [4.78, 5) is 12.8. The van der Waals surface area contributed by atoms with E-state index >= 15 is 0 Å². The number of nitrogens with one attached hydrogen (secondary N) is 1. The number of halogens is 1. The first-order valence-corrected chi connectivity index (χ1v) is 7.44. The zero-order chi connectivity index (χ0) is 15.6. The molecule has 1 aromatic heterocycles. The predicted octanol–water partition coefficient (Wildman–Crippen LogP) is 2.86. The van der Waals surface area contributed by atoms with Gasteiger partial charge in [-0.15, -0.1) is 0 Å². The number of aromatic nitrogens is 3. The van der Waals surface area contributed by atoms with Gasteiger partial charge in [0.25, 0.3) is 0 Å².